The fourth-order valence-electron chi connectivity index (χ4n) is 4.19. The van der Waals surface area contributed by atoms with Crippen LogP contribution in [0, 0.1) is 0 Å². The van der Waals surface area contributed by atoms with Crippen LogP contribution in [-0.4, -0.2) is 42.3 Å². The first-order chi connectivity index (χ1) is 16.4. The van der Waals surface area contributed by atoms with Crippen molar-refractivity contribution in [1.29, 1.82) is 0 Å². The maximum Gasteiger partial charge on any atom is 0.352 e. The van der Waals surface area contributed by atoms with Crippen molar-refractivity contribution in [3.05, 3.63) is 66.0 Å². The Morgan fingerprint density at radius 3 is 2.94 bits per heavy atom. The van der Waals surface area contributed by atoms with Gasteiger partial charge in [0, 0.05) is 43.0 Å². The summed E-state index contributed by atoms with van der Waals surface area (Å²) in [6.45, 7) is 0.281. The number of hydrogen-bond donors (Lipinski definition) is 3. The van der Waals surface area contributed by atoms with E-state index in [1.807, 2.05) is 24.4 Å². The molecule has 176 valence electrons. The van der Waals surface area contributed by atoms with E-state index in [1.54, 1.807) is 12.3 Å². The summed E-state index contributed by atoms with van der Waals surface area (Å²) in [5.74, 6) is -4.87. The van der Waals surface area contributed by atoms with Crippen LogP contribution in [0.25, 0.3) is 21.3 Å². The molecule has 1 aliphatic heterocycles. The topological polar surface area (TPSA) is 96.3 Å². The third-order valence-corrected chi connectivity index (χ3v) is 6.86. The van der Waals surface area contributed by atoms with Gasteiger partial charge in [0.15, 0.2) is 5.13 Å². The quantitative estimate of drug-likeness (QED) is 0.347. The van der Waals surface area contributed by atoms with E-state index in [-0.39, 0.29) is 24.0 Å². The van der Waals surface area contributed by atoms with Crippen molar-refractivity contribution < 1.29 is 18.3 Å². The molecule has 0 unspecified atom stereocenters. The van der Waals surface area contributed by atoms with Crippen molar-refractivity contribution in [3.63, 3.8) is 0 Å². The number of nitrogens with one attached hydrogen (secondary N) is 2. The van der Waals surface area contributed by atoms with Crippen molar-refractivity contribution in [2.45, 2.75) is 18.4 Å². The number of alkyl halides is 2. The first kappa shape index (κ1) is 22.5. The van der Waals surface area contributed by atoms with Gasteiger partial charge in [0.1, 0.15) is 6.73 Å². The van der Waals surface area contributed by atoms with Crippen LogP contribution >= 0.6 is 11.3 Å². The van der Waals surface area contributed by atoms with Crippen LogP contribution in [-0.2, 0) is 21.9 Å². The lowest BCUT2D eigenvalue weighted by molar-refractivity contribution is -0.142. The van der Waals surface area contributed by atoms with E-state index in [0.29, 0.717) is 28.5 Å². The van der Waals surface area contributed by atoms with Crippen molar-refractivity contribution in [3.8, 4) is 10.4 Å². The number of methoxy groups -OCH3 is 1. The number of hydrogen-bond acceptors (Lipinski definition) is 6. The number of carbonyl (C=O) groups is 1. The monoisotopic (exact) mass is 483 g/mol. The average Bonchev–Trinajstić information content (AvgIpc) is 3.52. The van der Waals surface area contributed by atoms with E-state index in [2.05, 4.69) is 21.4 Å². The molecular weight excluding hydrogens is 460 g/mol. The Bertz CT molecular complexity index is 1350. The molecule has 0 saturated heterocycles. The van der Waals surface area contributed by atoms with Crippen molar-refractivity contribution in [2.75, 3.05) is 30.6 Å². The zero-order valence-electron chi connectivity index (χ0n) is 18.3. The second-order valence-corrected chi connectivity index (χ2v) is 9.22. The minimum atomic E-state index is -3.59. The van der Waals surface area contributed by atoms with Gasteiger partial charge >= 0.3 is 11.8 Å². The number of anilines is 2. The van der Waals surface area contributed by atoms with E-state index in [9.17, 15) is 13.6 Å². The van der Waals surface area contributed by atoms with Gasteiger partial charge in [-0.3, -0.25) is 9.69 Å². The van der Waals surface area contributed by atoms with Crippen LogP contribution in [0.15, 0.2) is 54.9 Å². The molecule has 10 heteroatoms. The first-order valence-corrected chi connectivity index (χ1v) is 11.5. The third-order valence-electron chi connectivity index (χ3n) is 5.86. The summed E-state index contributed by atoms with van der Waals surface area (Å²) in [7, 11) is 1.36. The minimum Gasteiger partial charge on any atom is -0.364 e. The molecule has 1 atom stereocenters. The summed E-state index contributed by atoms with van der Waals surface area (Å²) in [6, 6.07) is 12.5. The Balaban J connectivity index is 1.27. The molecular formula is C24H23F2N5O2S. The highest BCUT2D eigenvalue weighted by Gasteiger charge is 2.53. The molecule has 0 radical (unpaired) electrons. The van der Waals surface area contributed by atoms with Crippen molar-refractivity contribution in [1.82, 2.24) is 9.97 Å². The summed E-state index contributed by atoms with van der Waals surface area (Å²) >= 11 is 1.34. The Hall–Kier alpha value is -3.34. The summed E-state index contributed by atoms with van der Waals surface area (Å²) in [5, 5.41) is 5.04. The van der Waals surface area contributed by atoms with Gasteiger partial charge in [-0.1, -0.05) is 35.6 Å². The summed E-state index contributed by atoms with van der Waals surface area (Å²) < 4.78 is 34.1. The highest BCUT2D eigenvalue weighted by atomic mass is 32.1. The fraction of sp³-hybridized carbons (Fsp3) is 0.250. The molecule has 4 N–H and O–H groups in total. The van der Waals surface area contributed by atoms with Crippen LogP contribution < -0.4 is 16.0 Å². The van der Waals surface area contributed by atoms with E-state index in [4.69, 9.17) is 10.5 Å². The lowest BCUT2D eigenvalue weighted by atomic mass is 10.1. The van der Waals surface area contributed by atoms with Crippen molar-refractivity contribution >= 4 is 39.0 Å². The molecule has 0 bridgehead atoms. The number of nitrogens with zero attached hydrogens (tertiary/aromatic N) is 2. The molecule has 34 heavy (non-hydrogen) atoms. The molecule has 4 aromatic rings. The van der Waals surface area contributed by atoms with Gasteiger partial charge in [0.25, 0.3) is 0 Å². The fourth-order valence-corrected chi connectivity index (χ4v) is 5.01. The number of nitrogens with two attached hydrogens (primary N) is 1. The maximum absolute atomic E-state index is 14.6. The third kappa shape index (κ3) is 3.93. The number of benzene rings is 2. The highest BCUT2D eigenvalue weighted by Crippen LogP contribution is 2.46. The predicted molar refractivity (Wildman–Crippen MR) is 129 cm³/mol. The highest BCUT2D eigenvalue weighted by molar-refractivity contribution is 7.18. The van der Waals surface area contributed by atoms with Crippen LogP contribution in [0.1, 0.15) is 11.1 Å². The zero-order valence-corrected chi connectivity index (χ0v) is 19.2. The maximum atomic E-state index is 14.6. The van der Waals surface area contributed by atoms with Crippen LogP contribution in [0.4, 0.5) is 19.6 Å². The average molecular weight is 484 g/mol. The molecule has 1 aliphatic rings. The second-order valence-electron chi connectivity index (χ2n) is 8.19. The van der Waals surface area contributed by atoms with Gasteiger partial charge in [0.05, 0.1) is 16.1 Å². The number of thiazole rings is 1. The van der Waals surface area contributed by atoms with Gasteiger partial charge in [0.2, 0.25) is 0 Å². The summed E-state index contributed by atoms with van der Waals surface area (Å²) in [5.41, 5.74) is 8.97. The van der Waals surface area contributed by atoms with Gasteiger partial charge < -0.3 is 20.8 Å². The van der Waals surface area contributed by atoms with Crippen LogP contribution in [0.5, 0.6) is 0 Å². The largest absolute Gasteiger partial charge is 0.364 e. The number of aromatic amines is 1. The number of rotatable bonds is 8. The Morgan fingerprint density at radius 2 is 2.12 bits per heavy atom. The molecule has 1 amide bonds. The van der Waals surface area contributed by atoms with E-state index in [1.165, 1.54) is 30.6 Å². The Kier molecular flexibility index (Phi) is 5.80. The second kappa shape index (κ2) is 8.79. The number of para-hydroxylation sites is 1. The van der Waals surface area contributed by atoms with E-state index >= 15 is 0 Å². The predicted octanol–water partition coefficient (Wildman–Crippen LogP) is 4.32. The lowest BCUT2D eigenvalue weighted by Crippen LogP contribution is -2.35. The zero-order chi connectivity index (χ0) is 23.9. The standard InChI is InChI=1S/C24H23F2N5O2S/c1-33-13-31-20-7-6-14(9-18(20)24(25,26)22(31)32)21-12-30-23(34-21)29-11-16(27)8-15-10-28-19-5-3-2-4-17(15)19/h2-7,9-10,12,16,28H,8,11,13,27H2,1H3,(H,29,30)/t16-/m1/s1. The Labute approximate surface area is 198 Å². The molecule has 2 aromatic heterocycles. The van der Waals surface area contributed by atoms with Crippen LogP contribution in [0.2, 0.25) is 0 Å². The number of amides is 1. The molecule has 3 heterocycles. The summed E-state index contributed by atoms with van der Waals surface area (Å²) in [6.07, 6.45) is 4.30. The van der Waals surface area contributed by atoms with Crippen LogP contribution in [0.3, 0.4) is 0 Å². The number of H-pyrrole nitrogens is 1. The number of halogens is 2. The number of ether oxygens (including phenoxy) is 1. The molecule has 0 saturated carbocycles. The number of fused-ring (bicyclic) bond motifs is 2. The molecule has 0 spiro atoms. The van der Waals surface area contributed by atoms with Gasteiger partial charge in [-0.05, 0) is 35.7 Å². The molecule has 7 nitrogen and oxygen atoms in total. The van der Waals surface area contributed by atoms with Gasteiger partial charge in [-0.2, -0.15) is 8.78 Å². The normalized spacial score (nSPS) is 15.6. The first-order valence-electron chi connectivity index (χ1n) is 10.7. The van der Waals surface area contributed by atoms with E-state index in [0.717, 1.165) is 21.4 Å². The van der Waals surface area contributed by atoms with E-state index < -0.39 is 11.8 Å². The number of carbonyl (C=O) groups excluding carboxylic acids is 1. The summed E-state index contributed by atoms with van der Waals surface area (Å²) in [4.78, 5) is 21.4. The van der Waals surface area contributed by atoms with Gasteiger partial charge in [-0.25, -0.2) is 4.98 Å². The molecule has 0 aliphatic carbocycles. The number of aromatic nitrogens is 2. The van der Waals surface area contributed by atoms with Gasteiger partial charge in [-0.15, -0.1) is 0 Å². The molecule has 2 aromatic carbocycles. The molecule has 0 fully saturated rings. The SMILES string of the molecule is COCN1C(=O)C(F)(F)c2cc(-c3cnc(NC[C@H](N)Cc4c[nH]c5ccccc45)s3)ccc21. The van der Waals surface area contributed by atoms with Crippen molar-refractivity contribution in [2.24, 2.45) is 5.73 Å². The minimum absolute atomic E-state index is 0.136. The lowest BCUT2D eigenvalue weighted by Gasteiger charge is -2.15. The Morgan fingerprint density at radius 1 is 1.29 bits per heavy atom. The smallest absolute Gasteiger partial charge is 0.352 e. The molecule has 5 rings (SSSR count).